The van der Waals surface area contributed by atoms with Gasteiger partial charge in [0.1, 0.15) is 11.6 Å². The molecule has 0 aromatic heterocycles. The van der Waals surface area contributed by atoms with Gasteiger partial charge in [-0.2, -0.15) is 0 Å². The van der Waals surface area contributed by atoms with Crippen molar-refractivity contribution in [3.8, 4) is 5.75 Å². The van der Waals surface area contributed by atoms with Crippen LogP contribution in [0.4, 0.5) is 0 Å². The number of hydrogen-bond acceptors (Lipinski definition) is 3. The van der Waals surface area contributed by atoms with Crippen molar-refractivity contribution in [3.63, 3.8) is 0 Å². The van der Waals surface area contributed by atoms with Crippen molar-refractivity contribution in [2.45, 2.75) is 20.3 Å². The van der Waals surface area contributed by atoms with Crippen molar-refractivity contribution in [1.29, 1.82) is 0 Å². The van der Waals surface area contributed by atoms with Crippen LogP contribution in [-0.4, -0.2) is 17.6 Å². The minimum absolute atomic E-state index is 0.155. The van der Waals surface area contributed by atoms with Crippen molar-refractivity contribution in [1.82, 2.24) is 0 Å². The Bertz CT molecular complexity index is 382. The number of ether oxygens (including phenoxy) is 1. The third kappa shape index (κ3) is 3.31. The molecular formula is C11H15ClN2O2. The molecule has 1 rings (SSSR count). The number of nitrogens with zero attached hydrogens (tertiary/aromatic N) is 1. The first-order chi connectivity index (χ1) is 7.54. The highest BCUT2D eigenvalue weighted by Gasteiger charge is 2.03. The molecule has 1 aromatic carbocycles. The summed E-state index contributed by atoms with van der Waals surface area (Å²) in [6.45, 7) is 4.22. The predicted octanol–water partition coefficient (Wildman–Crippen LogP) is 2.47. The van der Waals surface area contributed by atoms with Gasteiger partial charge in [0, 0.05) is 11.4 Å². The minimum Gasteiger partial charge on any atom is -0.493 e. The summed E-state index contributed by atoms with van der Waals surface area (Å²) in [5.74, 6) is 0.896. The van der Waals surface area contributed by atoms with E-state index in [4.69, 9.17) is 27.3 Å². The highest BCUT2D eigenvalue weighted by atomic mass is 35.5. The van der Waals surface area contributed by atoms with Crippen LogP contribution in [0.5, 0.6) is 5.75 Å². The Balaban J connectivity index is 2.62. The first-order valence-electron chi connectivity index (χ1n) is 4.90. The number of rotatable bonds is 4. The second-order valence-electron chi connectivity index (χ2n) is 3.56. The fraction of sp³-hybridized carbons (Fsp3) is 0.364. The molecule has 4 nitrogen and oxygen atoms in total. The number of nitrogens with two attached hydrogens (primary N) is 1. The van der Waals surface area contributed by atoms with E-state index in [9.17, 15) is 0 Å². The molecule has 0 bridgehead atoms. The molecule has 0 aliphatic heterocycles. The summed E-state index contributed by atoms with van der Waals surface area (Å²) in [6, 6.07) is 3.73. The lowest BCUT2D eigenvalue weighted by Gasteiger charge is -2.09. The molecule has 0 unspecified atom stereocenters. The molecule has 0 saturated heterocycles. The molecule has 16 heavy (non-hydrogen) atoms. The lowest BCUT2D eigenvalue weighted by molar-refractivity contribution is 0.305. The second-order valence-corrected chi connectivity index (χ2v) is 3.94. The molecule has 0 saturated carbocycles. The smallest absolute Gasteiger partial charge is 0.142 e. The molecule has 0 fully saturated rings. The molecule has 0 radical (unpaired) electrons. The van der Waals surface area contributed by atoms with E-state index in [0.29, 0.717) is 13.0 Å². The molecule has 0 aliphatic carbocycles. The van der Waals surface area contributed by atoms with Gasteiger partial charge in [-0.3, -0.25) is 0 Å². The van der Waals surface area contributed by atoms with Crippen molar-refractivity contribution in [2.24, 2.45) is 10.9 Å². The van der Waals surface area contributed by atoms with Crippen molar-refractivity contribution < 1.29 is 9.94 Å². The summed E-state index contributed by atoms with van der Waals surface area (Å²) >= 11 is 6.03. The molecule has 5 heteroatoms. The summed E-state index contributed by atoms with van der Waals surface area (Å²) in [5.41, 5.74) is 7.27. The van der Waals surface area contributed by atoms with Crippen molar-refractivity contribution in [3.05, 3.63) is 28.3 Å². The molecule has 1 aromatic rings. The van der Waals surface area contributed by atoms with Crippen LogP contribution in [0.2, 0.25) is 5.02 Å². The van der Waals surface area contributed by atoms with E-state index < -0.39 is 0 Å². The van der Waals surface area contributed by atoms with E-state index in [0.717, 1.165) is 21.9 Å². The van der Waals surface area contributed by atoms with E-state index in [-0.39, 0.29) is 5.84 Å². The largest absolute Gasteiger partial charge is 0.493 e. The average Bonchev–Trinajstić information content (AvgIpc) is 2.25. The summed E-state index contributed by atoms with van der Waals surface area (Å²) in [6.07, 6.45) is 0.386. The van der Waals surface area contributed by atoms with Crippen molar-refractivity contribution >= 4 is 17.4 Å². The van der Waals surface area contributed by atoms with Gasteiger partial charge in [-0.15, -0.1) is 0 Å². The minimum atomic E-state index is 0.155. The fourth-order valence-corrected chi connectivity index (χ4v) is 1.42. The van der Waals surface area contributed by atoms with Gasteiger partial charge in [-0.05, 0) is 37.1 Å². The van der Waals surface area contributed by atoms with Crippen LogP contribution in [-0.2, 0) is 0 Å². The van der Waals surface area contributed by atoms with Gasteiger partial charge in [0.25, 0.3) is 0 Å². The van der Waals surface area contributed by atoms with E-state index in [1.165, 1.54) is 0 Å². The van der Waals surface area contributed by atoms with Gasteiger partial charge in [0.15, 0.2) is 0 Å². The zero-order valence-electron chi connectivity index (χ0n) is 9.33. The summed E-state index contributed by atoms with van der Waals surface area (Å²) in [7, 11) is 0. The zero-order chi connectivity index (χ0) is 12.1. The summed E-state index contributed by atoms with van der Waals surface area (Å²) in [5, 5.41) is 12.0. The van der Waals surface area contributed by atoms with Crippen LogP contribution in [0, 0.1) is 13.8 Å². The standard InChI is InChI=1S/C11H15ClN2O2/c1-7-5-9(6-8(2)11(7)12)16-4-3-10(13)14-15/h5-6,15H,3-4H2,1-2H3,(H2,13,14). The quantitative estimate of drug-likeness (QED) is 0.369. The van der Waals surface area contributed by atoms with E-state index in [1.54, 1.807) is 0 Å². The molecule has 0 aliphatic rings. The van der Waals surface area contributed by atoms with Gasteiger partial charge in [-0.25, -0.2) is 0 Å². The molecule has 0 spiro atoms. The number of aryl methyl sites for hydroxylation is 2. The van der Waals surface area contributed by atoms with Crippen LogP contribution in [0.1, 0.15) is 17.5 Å². The van der Waals surface area contributed by atoms with Crippen LogP contribution >= 0.6 is 11.6 Å². The van der Waals surface area contributed by atoms with E-state index >= 15 is 0 Å². The Morgan fingerprint density at radius 1 is 1.44 bits per heavy atom. The lowest BCUT2D eigenvalue weighted by atomic mass is 10.1. The summed E-state index contributed by atoms with van der Waals surface area (Å²) in [4.78, 5) is 0. The second kappa shape index (κ2) is 5.61. The average molecular weight is 243 g/mol. The van der Waals surface area contributed by atoms with Gasteiger partial charge in [-0.1, -0.05) is 16.8 Å². The van der Waals surface area contributed by atoms with Crippen LogP contribution < -0.4 is 10.5 Å². The van der Waals surface area contributed by atoms with E-state index in [2.05, 4.69) is 5.16 Å². The number of amidine groups is 1. The lowest BCUT2D eigenvalue weighted by Crippen LogP contribution is -2.15. The van der Waals surface area contributed by atoms with Crippen LogP contribution in [0.15, 0.2) is 17.3 Å². The third-order valence-electron chi connectivity index (χ3n) is 2.17. The molecule has 88 valence electrons. The number of halogens is 1. The van der Waals surface area contributed by atoms with Gasteiger partial charge < -0.3 is 15.7 Å². The Morgan fingerprint density at radius 2 is 2.00 bits per heavy atom. The first-order valence-corrected chi connectivity index (χ1v) is 5.28. The maximum Gasteiger partial charge on any atom is 0.142 e. The topological polar surface area (TPSA) is 67.8 Å². The van der Waals surface area contributed by atoms with Gasteiger partial charge in [0.2, 0.25) is 0 Å². The highest BCUT2D eigenvalue weighted by Crippen LogP contribution is 2.25. The van der Waals surface area contributed by atoms with E-state index in [1.807, 2.05) is 26.0 Å². The molecule has 0 heterocycles. The number of benzene rings is 1. The zero-order valence-corrected chi connectivity index (χ0v) is 10.1. The Kier molecular flexibility index (Phi) is 4.43. The highest BCUT2D eigenvalue weighted by molar-refractivity contribution is 6.32. The third-order valence-corrected chi connectivity index (χ3v) is 2.76. The van der Waals surface area contributed by atoms with Crippen LogP contribution in [0.25, 0.3) is 0 Å². The van der Waals surface area contributed by atoms with Gasteiger partial charge >= 0.3 is 0 Å². The maximum atomic E-state index is 8.35. The number of oxime groups is 1. The molecule has 3 N–H and O–H groups in total. The van der Waals surface area contributed by atoms with Crippen LogP contribution in [0.3, 0.4) is 0 Å². The number of hydrogen-bond donors (Lipinski definition) is 2. The monoisotopic (exact) mass is 242 g/mol. The summed E-state index contributed by atoms with van der Waals surface area (Å²) < 4.78 is 5.46. The predicted molar refractivity (Wildman–Crippen MR) is 64.4 cm³/mol. The molecule has 0 amide bonds. The van der Waals surface area contributed by atoms with Gasteiger partial charge in [0.05, 0.1) is 6.61 Å². The normalized spacial score (nSPS) is 11.6. The SMILES string of the molecule is Cc1cc(OCC/C(N)=N/O)cc(C)c1Cl. The maximum absolute atomic E-state index is 8.35. The molecule has 0 atom stereocenters. The Morgan fingerprint density at radius 3 is 2.50 bits per heavy atom. The molecular weight excluding hydrogens is 228 g/mol. The Hall–Kier alpha value is -1.42. The van der Waals surface area contributed by atoms with Crippen molar-refractivity contribution in [2.75, 3.05) is 6.61 Å². The Labute approximate surface area is 99.7 Å². The fourth-order valence-electron chi connectivity index (χ4n) is 1.31. The first kappa shape index (κ1) is 12.6.